The molecule has 15 heavy (non-hydrogen) atoms. The second-order valence-electron chi connectivity index (χ2n) is 3.99. The van der Waals surface area contributed by atoms with Gasteiger partial charge in [0.15, 0.2) is 6.10 Å². The third-order valence-corrected chi connectivity index (χ3v) is 2.61. The lowest BCUT2D eigenvalue weighted by Gasteiger charge is -2.39. The molecule has 1 aliphatic rings. The van der Waals surface area contributed by atoms with Crippen molar-refractivity contribution in [3.63, 3.8) is 0 Å². The highest BCUT2D eigenvalue weighted by atomic mass is 19.4. The molecular weight excluding hydrogens is 211 g/mol. The van der Waals surface area contributed by atoms with E-state index in [-0.39, 0.29) is 18.6 Å². The van der Waals surface area contributed by atoms with Crippen molar-refractivity contribution in [2.45, 2.75) is 38.2 Å². The van der Waals surface area contributed by atoms with Gasteiger partial charge >= 0.3 is 6.18 Å². The van der Waals surface area contributed by atoms with Crippen molar-refractivity contribution in [1.82, 2.24) is 4.90 Å². The summed E-state index contributed by atoms with van der Waals surface area (Å²) >= 11 is 0. The summed E-state index contributed by atoms with van der Waals surface area (Å²) in [5, 5.41) is 8.97. The van der Waals surface area contributed by atoms with E-state index in [1.54, 1.807) is 18.7 Å². The maximum absolute atomic E-state index is 12.2. The molecule has 0 aromatic rings. The Hall–Kier alpha value is -0.330. The second-order valence-corrected chi connectivity index (χ2v) is 3.99. The Labute approximate surface area is 86.8 Å². The molecule has 0 aliphatic carbocycles. The minimum atomic E-state index is -4.54. The highest BCUT2D eigenvalue weighted by Gasteiger charge is 2.41. The monoisotopic (exact) mass is 227 g/mol. The molecule has 0 aromatic heterocycles. The van der Waals surface area contributed by atoms with E-state index in [0.717, 1.165) is 0 Å². The van der Waals surface area contributed by atoms with Gasteiger partial charge in [0.05, 0.1) is 13.2 Å². The summed E-state index contributed by atoms with van der Waals surface area (Å²) in [6, 6.07) is -0.184. The van der Waals surface area contributed by atoms with Crippen LogP contribution in [0.15, 0.2) is 0 Å². The molecule has 0 unspecified atom stereocenters. The summed E-state index contributed by atoms with van der Waals surface area (Å²) in [6.45, 7) is 4.02. The number of aliphatic hydroxyl groups excluding tert-OH is 1. The number of alkyl halides is 3. The quantitative estimate of drug-likeness (QED) is 0.764. The van der Waals surface area contributed by atoms with Gasteiger partial charge in [-0.2, -0.15) is 13.2 Å². The standard InChI is InChI=1S/C9H16F3NO2/c1-6-4-15-5-7(2)13(6)3-8(14)9(10,11)12/h6-8,14H,3-5H2,1-2H3/t6-,7-,8-/m0/s1. The van der Waals surface area contributed by atoms with Crippen LogP contribution in [0, 0.1) is 0 Å². The third-order valence-electron chi connectivity index (χ3n) is 2.61. The van der Waals surface area contributed by atoms with Gasteiger partial charge in [-0.1, -0.05) is 0 Å². The summed E-state index contributed by atoms with van der Waals surface area (Å²) in [4.78, 5) is 1.63. The fraction of sp³-hybridized carbons (Fsp3) is 1.00. The van der Waals surface area contributed by atoms with E-state index in [2.05, 4.69) is 0 Å². The Bertz CT molecular complexity index is 200. The fourth-order valence-corrected chi connectivity index (χ4v) is 1.70. The maximum Gasteiger partial charge on any atom is 0.415 e. The number of nitrogens with zero attached hydrogens (tertiary/aromatic N) is 1. The van der Waals surface area contributed by atoms with Gasteiger partial charge < -0.3 is 9.84 Å². The summed E-state index contributed by atoms with van der Waals surface area (Å²) in [6.07, 6.45) is -6.82. The molecule has 0 radical (unpaired) electrons. The van der Waals surface area contributed by atoms with Crippen LogP contribution >= 0.6 is 0 Å². The highest BCUT2D eigenvalue weighted by molar-refractivity contribution is 4.81. The summed E-state index contributed by atoms with van der Waals surface area (Å²) < 4.78 is 41.6. The average molecular weight is 227 g/mol. The lowest BCUT2D eigenvalue weighted by atomic mass is 10.1. The van der Waals surface area contributed by atoms with E-state index in [0.29, 0.717) is 13.2 Å². The van der Waals surface area contributed by atoms with Gasteiger partial charge in [0.2, 0.25) is 0 Å². The first-order valence-electron chi connectivity index (χ1n) is 4.90. The molecule has 0 aromatic carbocycles. The van der Waals surface area contributed by atoms with Gasteiger partial charge in [-0.15, -0.1) is 0 Å². The zero-order valence-corrected chi connectivity index (χ0v) is 8.79. The number of ether oxygens (including phenoxy) is 1. The molecule has 0 bridgehead atoms. The van der Waals surface area contributed by atoms with Crippen LogP contribution in [-0.4, -0.2) is 54.1 Å². The molecule has 6 heteroatoms. The average Bonchev–Trinajstić information content (AvgIpc) is 2.09. The van der Waals surface area contributed by atoms with E-state index in [9.17, 15) is 13.2 Å². The molecule has 90 valence electrons. The number of halogens is 3. The van der Waals surface area contributed by atoms with Crippen LogP contribution in [0.5, 0.6) is 0 Å². The molecule has 1 fully saturated rings. The van der Waals surface area contributed by atoms with Gasteiger partial charge in [-0.25, -0.2) is 0 Å². The first-order chi connectivity index (χ1) is 6.82. The molecule has 0 amide bonds. The van der Waals surface area contributed by atoms with Crippen molar-refractivity contribution >= 4 is 0 Å². The van der Waals surface area contributed by atoms with Crippen LogP contribution in [0.25, 0.3) is 0 Å². The highest BCUT2D eigenvalue weighted by Crippen LogP contribution is 2.23. The fourth-order valence-electron chi connectivity index (χ4n) is 1.70. The molecular formula is C9H16F3NO2. The topological polar surface area (TPSA) is 32.7 Å². The lowest BCUT2D eigenvalue weighted by molar-refractivity contribution is -0.214. The molecule has 0 spiro atoms. The molecule has 0 saturated carbocycles. The number of hydrogen-bond donors (Lipinski definition) is 1. The van der Waals surface area contributed by atoms with Gasteiger partial charge in [0.1, 0.15) is 0 Å². The largest absolute Gasteiger partial charge is 0.415 e. The maximum atomic E-state index is 12.2. The molecule has 1 heterocycles. The predicted octanol–water partition coefficient (Wildman–Crippen LogP) is 1.02. The number of rotatable bonds is 2. The number of hydrogen-bond acceptors (Lipinski definition) is 3. The summed E-state index contributed by atoms with van der Waals surface area (Å²) in [7, 11) is 0. The summed E-state index contributed by atoms with van der Waals surface area (Å²) in [5.74, 6) is 0. The van der Waals surface area contributed by atoms with E-state index >= 15 is 0 Å². The van der Waals surface area contributed by atoms with E-state index in [4.69, 9.17) is 9.84 Å². The predicted molar refractivity (Wildman–Crippen MR) is 48.5 cm³/mol. The van der Waals surface area contributed by atoms with E-state index in [1.807, 2.05) is 0 Å². The van der Waals surface area contributed by atoms with Crippen LogP contribution in [-0.2, 0) is 4.74 Å². The molecule has 1 saturated heterocycles. The SMILES string of the molecule is C[C@H]1COC[C@H](C)N1C[C@H](O)C(F)(F)F. The zero-order valence-electron chi connectivity index (χ0n) is 8.79. The van der Waals surface area contributed by atoms with Crippen LogP contribution in [0.4, 0.5) is 13.2 Å². The smallest absolute Gasteiger partial charge is 0.382 e. The summed E-state index contributed by atoms with van der Waals surface area (Å²) in [5.41, 5.74) is 0. The number of morpholine rings is 1. The molecule has 3 atom stereocenters. The van der Waals surface area contributed by atoms with Crippen molar-refractivity contribution in [3.05, 3.63) is 0 Å². The molecule has 1 N–H and O–H groups in total. The lowest BCUT2D eigenvalue weighted by Crippen LogP contribution is -2.54. The minimum Gasteiger partial charge on any atom is -0.382 e. The van der Waals surface area contributed by atoms with E-state index in [1.165, 1.54) is 0 Å². The van der Waals surface area contributed by atoms with Crippen molar-refractivity contribution in [1.29, 1.82) is 0 Å². The normalized spacial score (nSPS) is 31.6. The van der Waals surface area contributed by atoms with Crippen molar-refractivity contribution in [2.75, 3.05) is 19.8 Å². The zero-order chi connectivity index (χ0) is 11.6. The van der Waals surface area contributed by atoms with Crippen molar-refractivity contribution < 1.29 is 23.0 Å². The molecule has 3 nitrogen and oxygen atoms in total. The van der Waals surface area contributed by atoms with Crippen LogP contribution < -0.4 is 0 Å². The van der Waals surface area contributed by atoms with E-state index < -0.39 is 12.3 Å². The Morgan fingerprint density at radius 3 is 2.20 bits per heavy atom. The van der Waals surface area contributed by atoms with Crippen molar-refractivity contribution in [2.24, 2.45) is 0 Å². The Morgan fingerprint density at radius 2 is 1.80 bits per heavy atom. The number of aliphatic hydroxyl groups is 1. The van der Waals surface area contributed by atoms with Crippen molar-refractivity contribution in [3.8, 4) is 0 Å². The molecule has 1 rings (SSSR count). The third kappa shape index (κ3) is 3.32. The Balaban J connectivity index is 2.55. The molecule has 1 aliphatic heterocycles. The minimum absolute atomic E-state index is 0.0919. The number of β-amino-alcohol motifs (C(OH)–C–C–N with tert-alkyl or cyclic N) is 1. The first kappa shape index (κ1) is 12.7. The van der Waals surface area contributed by atoms with Gasteiger partial charge in [0.25, 0.3) is 0 Å². The first-order valence-corrected chi connectivity index (χ1v) is 4.90. The van der Waals surface area contributed by atoms with Gasteiger partial charge in [0, 0.05) is 18.6 Å². The second kappa shape index (κ2) is 4.67. The Morgan fingerprint density at radius 1 is 1.33 bits per heavy atom. The van der Waals surface area contributed by atoms with Gasteiger partial charge in [-0.05, 0) is 13.8 Å². The van der Waals surface area contributed by atoms with Crippen LogP contribution in [0.2, 0.25) is 0 Å². The van der Waals surface area contributed by atoms with Gasteiger partial charge in [-0.3, -0.25) is 4.90 Å². The Kier molecular flexibility index (Phi) is 3.97. The van der Waals surface area contributed by atoms with Crippen LogP contribution in [0.3, 0.4) is 0 Å². The van der Waals surface area contributed by atoms with Crippen LogP contribution in [0.1, 0.15) is 13.8 Å².